The second-order valence-electron chi connectivity index (χ2n) is 5.42. The molecule has 0 aliphatic rings. The van der Waals surface area contributed by atoms with Crippen LogP contribution in [-0.4, -0.2) is 0 Å². The Balaban J connectivity index is 2.24. The van der Waals surface area contributed by atoms with Crippen LogP contribution in [0.15, 0.2) is 104 Å². The zero-order valence-electron chi connectivity index (χ0n) is 12.9. The first-order valence-electron chi connectivity index (χ1n) is 7.65. The molecule has 23 heavy (non-hydrogen) atoms. The molecule has 0 aliphatic carbocycles. The Labute approximate surface area is 143 Å². The number of rotatable bonds is 5. The molecule has 0 bridgehead atoms. The first kappa shape index (κ1) is 15.9. The van der Waals surface area contributed by atoms with Gasteiger partial charge in [0, 0.05) is 11.7 Å². The van der Waals surface area contributed by atoms with Crippen molar-refractivity contribution in [2.45, 2.75) is 5.66 Å². The molecule has 0 radical (unpaired) electrons. The summed E-state index contributed by atoms with van der Waals surface area (Å²) in [5.74, 6) is 0. The maximum atomic E-state index is 6.38. The first-order chi connectivity index (χ1) is 11.3. The number of benzene rings is 3. The van der Waals surface area contributed by atoms with Gasteiger partial charge in [-0.1, -0.05) is 109 Å². The van der Waals surface area contributed by atoms with E-state index in [1.807, 2.05) is 24.3 Å². The Kier molecular flexibility index (Phi) is 4.91. The monoisotopic (exact) mass is 334 g/mol. The summed E-state index contributed by atoms with van der Waals surface area (Å²) in [5.41, 5.74) is 1.36. The van der Waals surface area contributed by atoms with Crippen LogP contribution >= 0.6 is 6.04 Å². The average Bonchev–Trinajstić information content (AvgIpc) is 2.64. The molecule has 0 fully saturated rings. The fourth-order valence-corrected chi connectivity index (χ4v) is 7.33. The van der Waals surface area contributed by atoms with Crippen LogP contribution in [0.1, 0.15) is 11.2 Å². The highest BCUT2D eigenvalue weighted by atomic mass is 32.4. The zero-order chi connectivity index (χ0) is 16.1. The Bertz CT molecular complexity index is 767. The third-order valence-corrected chi connectivity index (χ3v) is 9.40. The van der Waals surface area contributed by atoms with Gasteiger partial charge in [0.25, 0.3) is 0 Å². The fourth-order valence-electron chi connectivity index (χ4n) is 2.91. The summed E-state index contributed by atoms with van der Waals surface area (Å²) in [6.07, 6.45) is 2.02. The summed E-state index contributed by atoms with van der Waals surface area (Å²) in [5, 5.41) is 2.46. The molecule has 1 atom stereocenters. The van der Waals surface area contributed by atoms with Crippen molar-refractivity contribution < 1.29 is 0 Å². The van der Waals surface area contributed by atoms with Crippen LogP contribution in [0, 0.1) is 0 Å². The van der Waals surface area contributed by atoms with E-state index < -0.39 is 6.04 Å². The van der Waals surface area contributed by atoms with Gasteiger partial charge in [0.1, 0.15) is 0 Å². The third-order valence-electron chi connectivity index (χ3n) is 4.04. The van der Waals surface area contributed by atoms with Crippen LogP contribution in [0.5, 0.6) is 0 Å². The average molecular weight is 334 g/mol. The summed E-state index contributed by atoms with van der Waals surface area (Å²) in [7, 11) is 0. The van der Waals surface area contributed by atoms with E-state index in [0.29, 0.717) is 0 Å². The molecule has 0 aromatic heterocycles. The van der Waals surface area contributed by atoms with Gasteiger partial charge in [-0.05, 0) is 16.2 Å². The molecule has 2 heteroatoms. The van der Waals surface area contributed by atoms with Crippen LogP contribution in [-0.2, 0) is 11.8 Å². The van der Waals surface area contributed by atoms with Crippen LogP contribution in [0.4, 0.5) is 0 Å². The molecule has 0 amide bonds. The maximum absolute atomic E-state index is 6.38. The molecule has 0 heterocycles. The topological polar surface area (TPSA) is 0 Å². The van der Waals surface area contributed by atoms with Crippen molar-refractivity contribution >= 4 is 28.5 Å². The molecule has 3 aromatic rings. The number of allylic oxidation sites excluding steroid dienone is 1. The van der Waals surface area contributed by atoms with E-state index in [1.165, 1.54) is 16.2 Å². The predicted octanol–water partition coefficient (Wildman–Crippen LogP) is 5.04. The molecule has 3 rings (SSSR count). The van der Waals surface area contributed by atoms with Gasteiger partial charge in [-0.25, -0.2) is 0 Å². The SMILES string of the molecule is C=CC(c1ccccc1)P(=S)(c1ccccc1)c1ccccc1. The van der Waals surface area contributed by atoms with E-state index >= 15 is 0 Å². The highest BCUT2D eigenvalue weighted by molar-refractivity contribution is 8.22. The van der Waals surface area contributed by atoms with Crippen molar-refractivity contribution in [3.05, 3.63) is 109 Å². The van der Waals surface area contributed by atoms with Gasteiger partial charge in [0.2, 0.25) is 0 Å². The Morgan fingerprint density at radius 1 is 0.696 bits per heavy atom. The van der Waals surface area contributed by atoms with Gasteiger partial charge in [-0.15, -0.1) is 6.58 Å². The third kappa shape index (κ3) is 3.08. The highest BCUT2D eigenvalue weighted by Crippen LogP contribution is 2.57. The quantitative estimate of drug-likeness (QED) is 0.465. The van der Waals surface area contributed by atoms with E-state index in [1.54, 1.807) is 0 Å². The van der Waals surface area contributed by atoms with Gasteiger partial charge < -0.3 is 0 Å². The molecule has 0 aliphatic heterocycles. The highest BCUT2D eigenvalue weighted by Gasteiger charge is 2.31. The molecule has 0 saturated carbocycles. The zero-order valence-corrected chi connectivity index (χ0v) is 14.6. The molecule has 0 nitrogen and oxygen atoms in total. The van der Waals surface area contributed by atoms with Crippen molar-refractivity contribution in [1.29, 1.82) is 0 Å². The summed E-state index contributed by atoms with van der Waals surface area (Å²) >= 11 is 6.38. The molecule has 1 unspecified atom stereocenters. The van der Waals surface area contributed by atoms with Crippen molar-refractivity contribution in [2.75, 3.05) is 0 Å². The van der Waals surface area contributed by atoms with Crippen LogP contribution in [0.25, 0.3) is 0 Å². The van der Waals surface area contributed by atoms with Crippen molar-refractivity contribution in [2.24, 2.45) is 0 Å². The van der Waals surface area contributed by atoms with E-state index in [-0.39, 0.29) is 5.66 Å². The predicted molar refractivity (Wildman–Crippen MR) is 106 cm³/mol. The summed E-state index contributed by atoms with van der Waals surface area (Å²) in [6, 6.07) is 29.5. The van der Waals surface area contributed by atoms with Gasteiger partial charge in [-0.3, -0.25) is 0 Å². The summed E-state index contributed by atoms with van der Waals surface area (Å²) in [6.45, 7) is 4.12. The van der Waals surface area contributed by atoms with E-state index in [9.17, 15) is 0 Å². The molecule has 0 saturated heterocycles. The molecule has 0 spiro atoms. The van der Waals surface area contributed by atoms with Gasteiger partial charge >= 0.3 is 0 Å². The van der Waals surface area contributed by atoms with E-state index in [4.69, 9.17) is 11.8 Å². The van der Waals surface area contributed by atoms with E-state index in [2.05, 4.69) is 79.4 Å². The smallest absolute Gasteiger partial charge is 0.0384 e. The Morgan fingerprint density at radius 3 is 1.48 bits per heavy atom. The first-order valence-corrected chi connectivity index (χ1v) is 10.5. The number of hydrogen-bond donors (Lipinski definition) is 0. The minimum Gasteiger partial charge on any atom is -0.102 e. The van der Waals surface area contributed by atoms with Crippen molar-refractivity contribution in [1.82, 2.24) is 0 Å². The van der Waals surface area contributed by atoms with Crippen molar-refractivity contribution in [3.63, 3.8) is 0 Å². The largest absolute Gasteiger partial charge is 0.102 e. The van der Waals surface area contributed by atoms with Crippen LogP contribution in [0.3, 0.4) is 0 Å². The maximum Gasteiger partial charge on any atom is 0.0384 e. The molecule has 3 aromatic carbocycles. The molecular formula is C21H19PS. The van der Waals surface area contributed by atoms with Crippen LogP contribution < -0.4 is 10.6 Å². The van der Waals surface area contributed by atoms with Crippen LogP contribution in [0.2, 0.25) is 0 Å². The van der Waals surface area contributed by atoms with Gasteiger partial charge in [0.15, 0.2) is 0 Å². The normalized spacial score (nSPS) is 12.5. The van der Waals surface area contributed by atoms with Gasteiger partial charge in [-0.2, -0.15) is 0 Å². The minimum absolute atomic E-state index is 0.128. The lowest BCUT2D eigenvalue weighted by Gasteiger charge is -2.31. The lowest BCUT2D eigenvalue weighted by atomic mass is 10.1. The summed E-state index contributed by atoms with van der Waals surface area (Å²) < 4.78 is 0. The fraction of sp³-hybridized carbons (Fsp3) is 0.0476. The second-order valence-corrected chi connectivity index (χ2v) is 10.1. The standard InChI is InChI=1S/C21H19PS/c1-2-21(18-12-6-3-7-13-18)22(23,19-14-8-4-9-15-19)20-16-10-5-11-17-20/h2-17,21H,1H2. The Hall–Kier alpha value is -1.95. The molecule has 114 valence electrons. The summed E-state index contributed by atoms with van der Waals surface area (Å²) in [4.78, 5) is 0. The lowest BCUT2D eigenvalue weighted by Crippen LogP contribution is -2.20. The molecule has 0 N–H and O–H groups in total. The lowest BCUT2D eigenvalue weighted by molar-refractivity contribution is 1.22. The Morgan fingerprint density at radius 2 is 1.09 bits per heavy atom. The molecular weight excluding hydrogens is 315 g/mol. The van der Waals surface area contributed by atoms with Gasteiger partial charge in [0.05, 0.1) is 0 Å². The van der Waals surface area contributed by atoms with E-state index in [0.717, 1.165) is 0 Å². The minimum atomic E-state index is -2.04. The second kappa shape index (κ2) is 7.08. The number of hydrogen-bond acceptors (Lipinski definition) is 1. The van der Waals surface area contributed by atoms with Crippen molar-refractivity contribution in [3.8, 4) is 0 Å².